The first-order valence-corrected chi connectivity index (χ1v) is 7.99. The van der Waals surface area contributed by atoms with E-state index in [0.717, 1.165) is 6.07 Å². The van der Waals surface area contributed by atoms with Gasteiger partial charge in [0, 0.05) is 19.6 Å². The average molecular weight is 321 g/mol. The van der Waals surface area contributed by atoms with Gasteiger partial charge in [0.1, 0.15) is 5.82 Å². The van der Waals surface area contributed by atoms with Crippen LogP contribution in [0.1, 0.15) is 18.9 Å². The van der Waals surface area contributed by atoms with E-state index in [4.69, 9.17) is 17.3 Å². The molecule has 0 unspecified atom stereocenters. The molecule has 0 spiro atoms. The Bertz CT molecular complexity index is 590. The van der Waals surface area contributed by atoms with Gasteiger partial charge in [-0.3, -0.25) is 0 Å². The molecule has 1 rings (SSSR count). The van der Waals surface area contributed by atoms with Gasteiger partial charge in [0.2, 0.25) is 10.0 Å². The lowest BCUT2D eigenvalue weighted by Crippen LogP contribution is -2.32. The molecule has 20 heavy (non-hydrogen) atoms. The van der Waals surface area contributed by atoms with Crippen LogP contribution in [0.2, 0.25) is 5.02 Å². The minimum absolute atomic E-state index is 0.0334. The predicted molar refractivity (Wildman–Crippen MR) is 78.5 cm³/mol. The second kappa shape index (κ2) is 7.17. The van der Waals surface area contributed by atoms with Crippen molar-refractivity contribution in [2.45, 2.75) is 24.8 Å². The van der Waals surface area contributed by atoms with E-state index in [1.54, 1.807) is 0 Å². The van der Waals surface area contributed by atoms with Crippen LogP contribution in [0.15, 0.2) is 29.7 Å². The SMILES string of the molecule is C=CCN(CCC)S(=O)(=O)c1cc(F)c(Cl)c(CN)c1. The van der Waals surface area contributed by atoms with Crippen molar-refractivity contribution in [1.82, 2.24) is 4.31 Å². The van der Waals surface area contributed by atoms with E-state index in [0.29, 0.717) is 13.0 Å². The molecule has 0 radical (unpaired) electrons. The lowest BCUT2D eigenvalue weighted by Gasteiger charge is -2.20. The van der Waals surface area contributed by atoms with Crippen LogP contribution in [-0.4, -0.2) is 25.8 Å². The summed E-state index contributed by atoms with van der Waals surface area (Å²) in [6.07, 6.45) is 2.14. The summed E-state index contributed by atoms with van der Waals surface area (Å²) in [7, 11) is -3.79. The maximum atomic E-state index is 13.7. The van der Waals surface area contributed by atoms with Gasteiger partial charge in [-0.25, -0.2) is 12.8 Å². The number of nitrogens with zero attached hydrogens (tertiary/aromatic N) is 1. The summed E-state index contributed by atoms with van der Waals surface area (Å²) >= 11 is 5.74. The van der Waals surface area contributed by atoms with E-state index < -0.39 is 15.8 Å². The molecule has 7 heteroatoms. The van der Waals surface area contributed by atoms with Gasteiger partial charge < -0.3 is 5.73 Å². The van der Waals surface area contributed by atoms with Crippen molar-refractivity contribution in [1.29, 1.82) is 0 Å². The summed E-state index contributed by atoms with van der Waals surface area (Å²) in [5.74, 6) is -0.789. The van der Waals surface area contributed by atoms with Gasteiger partial charge in [-0.1, -0.05) is 24.6 Å². The Morgan fingerprint density at radius 3 is 2.65 bits per heavy atom. The van der Waals surface area contributed by atoms with E-state index in [1.165, 1.54) is 16.4 Å². The minimum atomic E-state index is -3.79. The van der Waals surface area contributed by atoms with Crippen molar-refractivity contribution in [2.75, 3.05) is 13.1 Å². The Morgan fingerprint density at radius 1 is 1.50 bits per heavy atom. The van der Waals surface area contributed by atoms with Crippen LogP contribution in [0.3, 0.4) is 0 Å². The van der Waals surface area contributed by atoms with Crippen LogP contribution < -0.4 is 5.73 Å². The van der Waals surface area contributed by atoms with Crippen molar-refractivity contribution >= 4 is 21.6 Å². The van der Waals surface area contributed by atoms with Gasteiger partial charge in [0.05, 0.1) is 9.92 Å². The molecule has 0 atom stereocenters. The highest BCUT2D eigenvalue weighted by Gasteiger charge is 2.25. The first-order valence-electron chi connectivity index (χ1n) is 6.17. The molecule has 0 aliphatic rings. The lowest BCUT2D eigenvalue weighted by atomic mass is 10.2. The van der Waals surface area contributed by atoms with E-state index >= 15 is 0 Å². The molecule has 0 bridgehead atoms. The summed E-state index contributed by atoms with van der Waals surface area (Å²) in [6, 6.07) is 2.23. The summed E-state index contributed by atoms with van der Waals surface area (Å²) in [4.78, 5) is -0.143. The fraction of sp³-hybridized carbons (Fsp3) is 0.385. The average Bonchev–Trinajstić information content (AvgIpc) is 2.41. The molecule has 1 aromatic rings. The second-order valence-corrected chi connectivity index (χ2v) is 6.55. The topological polar surface area (TPSA) is 63.4 Å². The summed E-state index contributed by atoms with van der Waals surface area (Å²) in [5, 5.41) is -0.141. The summed E-state index contributed by atoms with van der Waals surface area (Å²) < 4.78 is 39.9. The van der Waals surface area contributed by atoms with Gasteiger partial charge in [0.25, 0.3) is 0 Å². The smallest absolute Gasteiger partial charge is 0.243 e. The Morgan fingerprint density at radius 2 is 2.15 bits per heavy atom. The molecule has 1 aromatic carbocycles. The molecule has 0 saturated heterocycles. The van der Waals surface area contributed by atoms with Crippen LogP contribution in [0.25, 0.3) is 0 Å². The van der Waals surface area contributed by atoms with Crippen LogP contribution in [0.4, 0.5) is 4.39 Å². The standard InChI is InChI=1S/C13H18ClFN2O2S/c1-3-5-17(6-4-2)20(18,19)11-7-10(9-16)13(14)12(15)8-11/h3,7-8H,1,4-6,9,16H2,2H3. The first kappa shape index (κ1) is 17.1. The normalized spacial score (nSPS) is 11.8. The number of hydrogen-bond donors (Lipinski definition) is 1. The number of hydrogen-bond acceptors (Lipinski definition) is 3. The first-order chi connectivity index (χ1) is 9.38. The maximum absolute atomic E-state index is 13.7. The van der Waals surface area contributed by atoms with Crippen molar-refractivity contribution in [2.24, 2.45) is 5.73 Å². The van der Waals surface area contributed by atoms with Crippen molar-refractivity contribution in [3.8, 4) is 0 Å². The van der Waals surface area contributed by atoms with Gasteiger partial charge in [-0.2, -0.15) is 4.31 Å². The van der Waals surface area contributed by atoms with Crippen molar-refractivity contribution in [3.63, 3.8) is 0 Å². The zero-order valence-corrected chi connectivity index (χ0v) is 12.8. The molecule has 0 heterocycles. The number of sulfonamides is 1. The molecule has 0 amide bonds. The van der Waals surface area contributed by atoms with Crippen molar-refractivity contribution < 1.29 is 12.8 Å². The number of nitrogens with two attached hydrogens (primary N) is 1. The van der Waals surface area contributed by atoms with Crippen LogP contribution in [0.5, 0.6) is 0 Å². The largest absolute Gasteiger partial charge is 0.326 e. The van der Waals surface area contributed by atoms with E-state index in [9.17, 15) is 12.8 Å². The van der Waals surface area contributed by atoms with Gasteiger partial charge in [-0.15, -0.1) is 6.58 Å². The van der Waals surface area contributed by atoms with Gasteiger partial charge in [-0.05, 0) is 24.1 Å². The fourth-order valence-electron chi connectivity index (χ4n) is 1.77. The Balaban J connectivity index is 3.33. The number of rotatable bonds is 7. The monoisotopic (exact) mass is 320 g/mol. The highest BCUT2D eigenvalue weighted by molar-refractivity contribution is 7.89. The highest BCUT2D eigenvalue weighted by atomic mass is 35.5. The van der Waals surface area contributed by atoms with E-state index in [2.05, 4.69) is 6.58 Å². The van der Waals surface area contributed by atoms with Crippen molar-refractivity contribution in [3.05, 3.63) is 41.2 Å². The quantitative estimate of drug-likeness (QED) is 0.785. The highest BCUT2D eigenvalue weighted by Crippen LogP contribution is 2.26. The molecule has 0 fully saturated rings. The zero-order valence-electron chi connectivity index (χ0n) is 11.3. The van der Waals surface area contributed by atoms with Crippen LogP contribution in [0, 0.1) is 5.82 Å². The molecule has 4 nitrogen and oxygen atoms in total. The summed E-state index contributed by atoms with van der Waals surface area (Å²) in [6.45, 7) is 5.86. The lowest BCUT2D eigenvalue weighted by molar-refractivity contribution is 0.441. The molecular formula is C13H18ClFN2O2S. The fourth-order valence-corrected chi connectivity index (χ4v) is 3.52. The molecule has 0 saturated carbocycles. The molecule has 0 aliphatic carbocycles. The number of halogens is 2. The van der Waals surface area contributed by atoms with E-state index in [-0.39, 0.29) is 28.6 Å². The molecule has 2 N–H and O–H groups in total. The molecule has 0 aromatic heterocycles. The minimum Gasteiger partial charge on any atom is -0.326 e. The maximum Gasteiger partial charge on any atom is 0.243 e. The third kappa shape index (κ3) is 3.58. The van der Waals surface area contributed by atoms with Gasteiger partial charge in [0.15, 0.2) is 0 Å². The molecule has 112 valence electrons. The van der Waals surface area contributed by atoms with E-state index in [1.807, 2.05) is 6.92 Å². The summed E-state index contributed by atoms with van der Waals surface area (Å²) in [5.41, 5.74) is 5.71. The zero-order chi connectivity index (χ0) is 15.3. The van der Waals surface area contributed by atoms with Crippen LogP contribution >= 0.6 is 11.6 Å². The Hall–Kier alpha value is -0.950. The predicted octanol–water partition coefficient (Wildman–Crippen LogP) is 2.52. The number of benzene rings is 1. The third-order valence-electron chi connectivity index (χ3n) is 2.74. The second-order valence-electron chi connectivity index (χ2n) is 4.23. The molecular weight excluding hydrogens is 303 g/mol. The Kier molecular flexibility index (Phi) is 6.13. The third-order valence-corrected chi connectivity index (χ3v) is 5.01. The van der Waals surface area contributed by atoms with Gasteiger partial charge >= 0.3 is 0 Å². The Labute approximate surface area is 124 Å². The molecule has 0 aliphatic heterocycles. The van der Waals surface area contributed by atoms with Crippen LogP contribution in [-0.2, 0) is 16.6 Å².